The van der Waals surface area contributed by atoms with Crippen molar-refractivity contribution in [2.45, 2.75) is 36.4 Å². The Morgan fingerprint density at radius 1 is 0.939 bits per heavy atom. The molecule has 3 aromatic carbocycles. The highest BCUT2D eigenvalue weighted by Crippen LogP contribution is 2.48. The van der Waals surface area contributed by atoms with Crippen molar-refractivity contribution in [1.29, 1.82) is 0 Å². The highest BCUT2D eigenvalue weighted by molar-refractivity contribution is 7.99. The molecule has 1 unspecified atom stereocenters. The SMILES string of the molecule is O=C(NC1CSc2c(C3CC3)c(Cc3cccc4ccccc34)cc(=O)n21)c1ccccc1. The summed E-state index contributed by atoms with van der Waals surface area (Å²) in [6, 6.07) is 25.8. The molecule has 1 aliphatic heterocycles. The summed E-state index contributed by atoms with van der Waals surface area (Å²) in [5.41, 5.74) is 4.26. The van der Waals surface area contributed by atoms with E-state index in [0.717, 1.165) is 29.9 Å². The van der Waals surface area contributed by atoms with Crippen molar-refractivity contribution in [2.24, 2.45) is 0 Å². The maximum absolute atomic E-state index is 13.3. The van der Waals surface area contributed by atoms with Crippen molar-refractivity contribution in [2.75, 3.05) is 5.75 Å². The summed E-state index contributed by atoms with van der Waals surface area (Å²) in [5.74, 6) is 1.03. The third kappa shape index (κ3) is 3.76. The quantitative estimate of drug-likeness (QED) is 0.435. The molecule has 33 heavy (non-hydrogen) atoms. The van der Waals surface area contributed by atoms with Crippen LogP contribution in [0.2, 0.25) is 0 Å². The predicted molar refractivity (Wildman–Crippen MR) is 133 cm³/mol. The van der Waals surface area contributed by atoms with E-state index in [1.807, 2.05) is 28.8 Å². The molecule has 5 heteroatoms. The minimum Gasteiger partial charge on any atom is -0.331 e. The Hall–Kier alpha value is -3.31. The van der Waals surface area contributed by atoms with Crippen LogP contribution in [0.4, 0.5) is 0 Å². The van der Waals surface area contributed by atoms with Gasteiger partial charge in [0.2, 0.25) is 0 Å². The first-order valence-electron chi connectivity index (χ1n) is 11.4. The monoisotopic (exact) mass is 452 g/mol. The van der Waals surface area contributed by atoms with E-state index in [4.69, 9.17) is 0 Å². The van der Waals surface area contributed by atoms with Gasteiger partial charge in [0.05, 0.1) is 5.03 Å². The second-order valence-electron chi connectivity index (χ2n) is 8.85. The Labute approximate surface area is 196 Å². The molecule has 2 heterocycles. The van der Waals surface area contributed by atoms with Gasteiger partial charge in [-0.15, -0.1) is 11.8 Å². The molecule has 1 aromatic heterocycles. The molecular weight excluding hydrogens is 428 g/mol. The standard InChI is InChI=1S/C28H24N2O2S/c31-25-16-22(15-21-11-6-10-18-7-4-5-12-23(18)21)26(19-13-14-19)28-30(25)24(17-33-28)29-27(32)20-8-2-1-3-9-20/h1-12,16,19,24H,13-15,17H2,(H,29,32). The number of nitrogens with zero attached hydrogens (tertiary/aromatic N) is 1. The normalized spacial score (nSPS) is 17.2. The number of hydrogen-bond donors (Lipinski definition) is 1. The number of fused-ring (bicyclic) bond motifs is 2. The van der Waals surface area contributed by atoms with Gasteiger partial charge in [-0.3, -0.25) is 14.2 Å². The van der Waals surface area contributed by atoms with Crippen LogP contribution in [0.15, 0.2) is 88.7 Å². The highest BCUT2D eigenvalue weighted by Gasteiger charge is 2.36. The van der Waals surface area contributed by atoms with Gasteiger partial charge in [0.15, 0.2) is 0 Å². The van der Waals surface area contributed by atoms with Crippen molar-refractivity contribution < 1.29 is 4.79 Å². The molecule has 1 saturated carbocycles. The van der Waals surface area contributed by atoms with Crippen molar-refractivity contribution in [3.8, 4) is 0 Å². The maximum Gasteiger partial charge on any atom is 0.253 e. The van der Waals surface area contributed by atoms with Gasteiger partial charge in [-0.1, -0.05) is 60.7 Å². The Morgan fingerprint density at radius 2 is 1.70 bits per heavy atom. The van der Waals surface area contributed by atoms with Gasteiger partial charge in [-0.2, -0.15) is 0 Å². The summed E-state index contributed by atoms with van der Waals surface area (Å²) in [5, 5.41) is 6.58. The number of carbonyl (C=O) groups is 1. The predicted octanol–water partition coefficient (Wildman–Crippen LogP) is 5.50. The largest absolute Gasteiger partial charge is 0.331 e. The van der Waals surface area contributed by atoms with Crippen LogP contribution >= 0.6 is 11.8 Å². The molecule has 0 bridgehead atoms. The molecule has 1 atom stereocenters. The minimum absolute atomic E-state index is 0.0343. The lowest BCUT2D eigenvalue weighted by atomic mass is 9.95. The second kappa shape index (κ2) is 8.23. The molecule has 1 N–H and O–H groups in total. The van der Waals surface area contributed by atoms with Crippen molar-refractivity contribution in [3.63, 3.8) is 0 Å². The summed E-state index contributed by atoms with van der Waals surface area (Å²) in [4.78, 5) is 26.1. The third-order valence-corrected chi connectivity index (χ3v) is 7.77. The number of aromatic nitrogens is 1. The Bertz CT molecular complexity index is 1420. The maximum atomic E-state index is 13.3. The van der Waals surface area contributed by atoms with Gasteiger partial charge in [-0.05, 0) is 64.8 Å². The van der Waals surface area contributed by atoms with E-state index in [0.29, 0.717) is 17.2 Å². The number of thioether (sulfide) groups is 1. The molecule has 0 saturated heterocycles. The minimum atomic E-state index is -0.325. The number of rotatable bonds is 5. The molecule has 6 rings (SSSR count). The van der Waals surface area contributed by atoms with Crippen LogP contribution in [0, 0.1) is 0 Å². The Balaban J connectivity index is 1.38. The van der Waals surface area contributed by atoms with Gasteiger partial charge in [0.1, 0.15) is 6.17 Å². The lowest BCUT2D eigenvalue weighted by Gasteiger charge is -2.19. The average molecular weight is 453 g/mol. The van der Waals surface area contributed by atoms with Gasteiger partial charge < -0.3 is 5.32 Å². The number of hydrogen-bond acceptors (Lipinski definition) is 3. The fraction of sp³-hybridized carbons (Fsp3) is 0.214. The van der Waals surface area contributed by atoms with Crippen molar-refractivity contribution in [1.82, 2.24) is 9.88 Å². The van der Waals surface area contributed by atoms with E-state index in [1.54, 1.807) is 23.9 Å². The fourth-order valence-corrected chi connectivity index (χ4v) is 6.23. The van der Waals surface area contributed by atoms with Crippen LogP contribution in [-0.2, 0) is 6.42 Å². The van der Waals surface area contributed by atoms with Crippen LogP contribution in [-0.4, -0.2) is 16.2 Å². The number of amides is 1. The zero-order chi connectivity index (χ0) is 22.4. The molecular formula is C28H24N2O2S. The van der Waals surface area contributed by atoms with E-state index in [1.165, 1.54) is 21.9 Å². The smallest absolute Gasteiger partial charge is 0.253 e. The molecule has 164 valence electrons. The number of pyridine rings is 1. The van der Waals surface area contributed by atoms with Crippen LogP contribution in [0.5, 0.6) is 0 Å². The summed E-state index contributed by atoms with van der Waals surface area (Å²) in [6.45, 7) is 0. The molecule has 1 fully saturated rings. The first kappa shape index (κ1) is 20.3. The molecule has 1 amide bonds. The molecule has 0 radical (unpaired) electrons. The van der Waals surface area contributed by atoms with E-state index >= 15 is 0 Å². The summed E-state index contributed by atoms with van der Waals surface area (Å²) in [7, 11) is 0. The highest BCUT2D eigenvalue weighted by atomic mass is 32.2. The molecule has 0 spiro atoms. The van der Waals surface area contributed by atoms with Crippen molar-refractivity contribution >= 4 is 28.4 Å². The summed E-state index contributed by atoms with van der Waals surface area (Å²) < 4.78 is 1.81. The zero-order valence-electron chi connectivity index (χ0n) is 18.2. The first-order valence-corrected chi connectivity index (χ1v) is 12.4. The lowest BCUT2D eigenvalue weighted by molar-refractivity contribution is 0.0925. The molecule has 1 aliphatic carbocycles. The fourth-order valence-electron chi connectivity index (χ4n) is 4.88. The van der Waals surface area contributed by atoms with Crippen molar-refractivity contribution in [3.05, 3.63) is 111 Å². The zero-order valence-corrected chi connectivity index (χ0v) is 19.0. The first-order chi connectivity index (χ1) is 16.2. The van der Waals surface area contributed by atoms with Crippen LogP contribution < -0.4 is 10.9 Å². The lowest BCUT2D eigenvalue weighted by Crippen LogP contribution is -2.37. The van der Waals surface area contributed by atoms with E-state index in [-0.39, 0.29) is 17.6 Å². The van der Waals surface area contributed by atoms with E-state index in [2.05, 4.69) is 47.8 Å². The summed E-state index contributed by atoms with van der Waals surface area (Å²) in [6.07, 6.45) is 2.75. The van der Waals surface area contributed by atoms with Gasteiger partial charge in [-0.25, -0.2) is 0 Å². The molecule has 4 aromatic rings. The average Bonchev–Trinajstić information content (AvgIpc) is 3.59. The van der Waals surface area contributed by atoms with Crippen LogP contribution in [0.3, 0.4) is 0 Å². The van der Waals surface area contributed by atoms with Crippen LogP contribution in [0.25, 0.3) is 10.8 Å². The van der Waals surface area contributed by atoms with E-state index in [9.17, 15) is 9.59 Å². The molecule has 4 nitrogen and oxygen atoms in total. The summed E-state index contributed by atoms with van der Waals surface area (Å²) >= 11 is 1.70. The third-order valence-electron chi connectivity index (χ3n) is 6.60. The van der Waals surface area contributed by atoms with Gasteiger partial charge in [0, 0.05) is 17.4 Å². The number of carbonyl (C=O) groups excluding carboxylic acids is 1. The van der Waals surface area contributed by atoms with Gasteiger partial charge in [0.25, 0.3) is 11.5 Å². The second-order valence-corrected chi connectivity index (χ2v) is 9.86. The van der Waals surface area contributed by atoms with Gasteiger partial charge >= 0.3 is 0 Å². The molecule has 2 aliphatic rings. The Morgan fingerprint density at radius 3 is 2.52 bits per heavy atom. The topological polar surface area (TPSA) is 51.1 Å². The van der Waals surface area contributed by atoms with E-state index < -0.39 is 0 Å². The number of nitrogens with one attached hydrogen (secondary N) is 1. The Kier molecular flexibility index (Phi) is 5.07. The number of benzene rings is 3. The van der Waals surface area contributed by atoms with Crippen LogP contribution in [0.1, 0.15) is 52.0 Å².